The van der Waals surface area contributed by atoms with Crippen molar-refractivity contribution in [2.24, 2.45) is 12.8 Å². The summed E-state index contributed by atoms with van der Waals surface area (Å²) >= 11 is 0. The van der Waals surface area contributed by atoms with Crippen LogP contribution in [0, 0.1) is 6.92 Å². The Bertz CT molecular complexity index is 385. The van der Waals surface area contributed by atoms with Crippen LogP contribution in [0.3, 0.4) is 0 Å². The molecule has 2 rings (SSSR count). The van der Waals surface area contributed by atoms with E-state index in [1.54, 1.807) is 9.58 Å². The molecule has 0 radical (unpaired) electrons. The highest BCUT2D eigenvalue weighted by Gasteiger charge is 2.28. The van der Waals surface area contributed by atoms with E-state index in [4.69, 9.17) is 5.73 Å². The van der Waals surface area contributed by atoms with Gasteiger partial charge in [0.25, 0.3) is 0 Å². The molecule has 5 nitrogen and oxygen atoms in total. The Hall–Kier alpha value is -1.36. The second kappa shape index (κ2) is 3.66. The van der Waals surface area contributed by atoms with Gasteiger partial charge in [0.05, 0.1) is 11.7 Å². The molecule has 5 heteroatoms. The number of carbonyl (C=O) groups excluding carboxylic acids is 1. The molecule has 0 saturated carbocycles. The number of nitrogens with two attached hydrogens (primary N) is 1. The van der Waals surface area contributed by atoms with Crippen LogP contribution in [0.15, 0.2) is 6.20 Å². The van der Waals surface area contributed by atoms with Crippen molar-refractivity contribution < 1.29 is 4.79 Å². The minimum absolute atomic E-state index is 0.0539. The first-order valence-corrected chi connectivity index (χ1v) is 5.11. The highest BCUT2D eigenvalue weighted by Crippen LogP contribution is 2.15. The van der Waals surface area contributed by atoms with Gasteiger partial charge in [-0.05, 0) is 13.3 Å². The van der Waals surface area contributed by atoms with Crippen molar-refractivity contribution in [2.45, 2.75) is 25.9 Å². The molecule has 1 unspecified atom stereocenters. The third-order valence-electron chi connectivity index (χ3n) is 2.82. The summed E-state index contributed by atoms with van der Waals surface area (Å²) in [6, 6.07) is -0.304. The fraction of sp³-hybridized carbons (Fsp3) is 0.600. The number of nitrogens with zero attached hydrogens (tertiary/aromatic N) is 3. The van der Waals surface area contributed by atoms with Crippen molar-refractivity contribution in [3.05, 3.63) is 17.5 Å². The van der Waals surface area contributed by atoms with E-state index >= 15 is 0 Å². The lowest BCUT2D eigenvalue weighted by Crippen LogP contribution is -2.33. The van der Waals surface area contributed by atoms with E-state index in [1.165, 1.54) is 0 Å². The normalized spacial score (nSPS) is 21.4. The van der Waals surface area contributed by atoms with E-state index in [-0.39, 0.29) is 11.9 Å². The fourth-order valence-corrected chi connectivity index (χ4v) is 1.93. The number of carbonyl (C=O) groups is 1. The lowest BCUT2D eigenvalue weighted by Gasteiger charge is -2.14. The summed E-state index contributed by atoms with van der Waals surface area (Å²) in [6.45, 7) is 3.34. The number of hydrogen-bond acceptors (Lipinski definition) is 3. The molecule has 15 heavy (non-hydrogen) atoms. The van der Waals surface area contributed by atoms with Gasteiger partial charge < -0.3 is 10.6 Å². The maximum Gasteiger partial charge on any atom is 0.239 e. The monoisotopic (exact) mass is 208 g/mol. The maximum atomic E-state index is 11.6. The Morgan fingerprint density at radius 1 is 1.67 bits per heavy atom. The van der Waals surface area contributed by atoms with Crippen molar-refractivity contribution in [2.75, 3.05) is 6.54 Å². The van der Waals surface area contributed by atoms with E-state index in [1.807, 2.05) is 20.2 Å². The summed E-state index contributed by atoms with van der Waals surface area (Å²) in [6.07, 6.45) is 2.71. The number of likely N-dealkylation sites (tertiary alicyclic amines) is 1. The predicted octanol–water partition coefficient (Wildman–Crippen LogP) is -0.212. The molecule has 82 valence electrons. The van der Waals surface area contributed by atoms with E-state index in [0.717, 1.165) is 24.2 Å². The van der Waals surface area contributed by atoms with E-state index in [2.05, 4.69) is 5.10 Å². The molecule has 1 fully saturated rings. The maximum absolute atomic E-state index is 11.6. The highest BCUT2D eigenvalue weighted by atomic mass is 16.2. The minimum Gasteiger partial charge on any atom is -0.337 e. The molecule has 0 bridgehead atoms. The van der Waals surface area contributed by atoms with Crippen molar-refractivity contribution in [1.82, 2.24) is 14.7 Å². The molecular formula is C10H16N4O. The Labute approximate surface area is 88.8 Å². The van der Waals surface area contributed by atoms with Gasteiger partial charge in [-0.15, -0.1) is 0 Å². The Morgan fingerprint density at radius 2 is 2.40 bits per heavy atom. The average Bonchev–Trinajstić information content (AvgIpc) is 2.64. The van der Waals surface area contributed by atoms with Crippen LogP contribution in [-0.2, 0) is 18.4 Å². The first kappa shape index (κ1) is 10.2. The standard InChI is InChI=1S/C10H16N4O/c1-7-8(5-13(2)12-7)6-14-4-3-9(11)10(14)15/h5,9H,3-4,6,11H2,1-2H3. The molecule has 1 aliphatic heterocycles. The van der Waals surface area contributed by atoms with Crippen LogP contribution in [0.1, 0.15) is 17.7 Å². The molecule has 1 aliphatic rings. The number of amides is 1. The van der Waals surface area contributed by atoms with Crippen LogP contribution >= 0.6 is 0 Å². The largest absolute Gasteiger partial charge is 0.337 e. The summed E-state index contributed by atoms with van der Waals surface area (Å²) in [5.41, 5.74) is 7.73. The third kappa shape index (κ3) is 1.87. The van der Waals surface area contributed by atoms with Crippen molar-refractivity contribution in [3.63, 3.8) is 0 Å². The zero-order valence-corrected chi connectivity index (χ0v) is 9.10. The van der Waals surface area contributed by atoms with Crippen LogP contribution in [0.25, 0.3) is 0 Å². The number of aromatic nitrogens is 2. The molecule has 0 aliphatic carbocycles. The van der Waals surface area contributed by atoms with Crippen molar-refractivity contribution in [3.8, 4) is 0 Å². The fourth-order valence-electron chi connectivity index (χ4n) is 1.93. The van der Waals surface area contributed by atoms with Gasteiger partial charge in [0.1, 0.15) is 0 Å². The zero-order chi connectivity index (χ0) is 11.0. The Balaban J connectivity index is 2.09. The minimum atomic E-state index is -0.304. The molecule has 2 heterocycles. The van der Waals surface area contributed by atoms with Gasteiger partial charge in [-0.25, -0.2) is 0 Å². The lowest BCUT2D eigenvalue weighted by atomic mass is 10.2. The van der Waals surface area contributed by atoms with Crippen LogP contribution in [0.2, 0.25) is 0 Å². The number of aryl methyl sites for hydroxylation is 2. The second-order valence-corrected chi connectivity index (χ2v) is 4.07. The van der Waals surface area contributed by atoms with Gasteiger partial charge in [0.15, 0.2) is 0 Å². The first-order chi connectivity index (χ1) is 7.08. The SMILES string of the molecule is Cc1nn(C)cc1CN1CCC(N)C1=O. The molecule has 1 amide bonds. The molecule has 1 aromatic rings. The zero-order valence-electron chi connectivity index (χ0n) is 9.10. The van der Waals surface area contributed by atoms with Gasteiger partial charge in [0.2, 0.25) is 5.91 Å². The first-order valence-electron chi connectivity index (χ1n) is 5.11. The van der Waals surface area contributed by atoms with Crippen LogP contribution in [0.5, 0.6) is 0 Å². The molecule has 1 aromatic heterocycles. The second-order valence-electron chi connectivity index (χ2n) is 4.07. The summed E-state index contributed by atoms with van der Waals surface area (Å²) < 4.78 is 1.77. The van der Waals surface area contributed by atoms with E-state index in [0.29, 0.717) is 6.54 Å². The molecule has 1 saturated heterocycles. The molecule has 2 N–H and O–H groups in total. The van der Waals surface area contributed by atoms with Crippen LogP contribution < -0.4 is 5.73 Å². The predicted molar refractivity (Wildman–Crippen MR) is 56.0 cm³/mol. The summed E-state index contributed by atoms with van der Waals surface area (Å²) in [5.74, 6) is 0.0539. The molecular weight excluding hydrogens is 192 g/mol. The van der Waals surface area contributed by atoms with Gasteiger partial charge in [-0.2, -0.15) is 5.10 Å². The lowest BCUT2D eigenvalue weighted by molar-refractivity contribution is -0.129. The quantitative estimate of drug-likeness (QED) is 0.731. The van der Waals surface area contributed by atoms with Gasteiger partial charge in [-0.3, -0.25) is 9.48 Å². The summed E-state index contributed by atoms with van der Waals surface area (Å²) in [5, 5.41) is 4.24. The van der Waals surface area contributed by atoms with Crippen molar-refractivity contribution >= 4 is 5.91 Å². The highest BCUT2D eigenvalue weighted by molar-refractivity contribution is 5.83. The van der Waals surface area contributed by atoms with Gasteiger partial charge in [-0.1, -0.05) is 0 Å². The topological polar surface area (TPSA) is 64.2 Å². The van der Waals surface area contributed by atoms with Gasteiger partial charge >= 0.3 is 0 Å². The molecule has 0 spiro atoms. The Kier molecular flexibility index (Phi) is 2.48. The smallest absolute Gasteiger partial charge is 0.239 e. The number of rotatable bonds is 2. The van der Waals surface area contributed by atoms with E-state index < -0.39 is 0 Å². The third-order valence-corrected chi connectivity index (χ3v) is 2.82. The number of hydrogen-bond donors (Lipinski definition) is 1. The van der Waals surface area contributed by atoms with Gasteiger partial charge in [0, 0.05) is 31.9 Å². The summed E-state index contributed by atoms with van der Waals surface area (Å²) in [4.78, 5) is 13.4. The van der Waals surface area contributed by atoms with Crippen LogP contribution in [-0.4, -0.2) is 33.2 Å². The Morgan fingerprint density at radius 3 is 2.87 bits per heavy atom. The summed E-state index contributed by atoms with van der Waals surface area (Å²) in [7, 11) is 1.88. The van der Waals surface area contributed by atoms with E-state index in [9.17, 15) is 4.79 Å². The average molecular weight is 208 g/mol. The van der Waals surface area contributed by atoms with Crippen molar-refractivity contribution in [1.29, 1.82) is 0 Å². The van der Waals surface area contributed by atoms with Crippen LogP contribution in [0.4, 0.5) is 0 Å². The molecule has 1 atom stereocenters. The molecule has 0 aromatic carbocycles.